The number of carbonyl (C=O) groups excluding carboxylic acids is 2. The highest BCUT2D eigenvalue weighted by Crippen LogP contribution is 2.20. The molecule has 0 saturated carbocycles. The van der Waals surface area contributed by atoms with E-state index in [0.717, 1.165) is 12.8 Å². The molecule has 2 atom stereocenters. The molecule has 0 spiro atoms. The van der Waals surface area contributed by atoms with Crippen LogP contribution in [0.3, 0.4) is 0 Å². The topological polar surface area (TPSA) is 58.9 Å². The lowest BCUT2D eigenvalue weighted by atomic mass is 9.89. The van der Waals surface area contributed by atoms with Gasteiger partial charge in [0.15, 0.2) is 0 Å². The highest BCUT2D eigenvalue weighted by molar-refractivity contribution is 5.33. The Kier molecular flexibility index (Phi) is 8.32. The van der Waals surface area contributed by atoms with E-state index in [1.807, 2.05) is 0 Å². The molecule has 4 heteroatoms. The SMILES string of the molecule is CC(CN=C=O)CC(C)CC(C)CN=C=O. The number of nitrogens with zero attached hydrogens (tertiary/aromatic N) is 2. The molecule has 0 aliphatic carbocycles. The van der Waals surface area contributed by atoms with E-state index in [4.69, 9.17) is 0 Å². The predicted octanol–water partition coefficient (Wildman–Crippen LogP) is 2.35. The van der Waals surface area contributed by atoms with Crippen molar-refractivity contribution in [2.24, 2.45) is 27.7 Å². The highest BCUT2D eigenvalue weighted by Gasteiger charge is 2.12. The summed E-state index contributed by atoms with van der Waals surface area (Å²) in [6, 6.07) is 0. The summed E-state index contributed by atoms with van der Waals surface area (Å²) in [6.45, 7) is 7.42. The van der Waals surface area contributed by atoms with Crippen molar-refractivity contribution in [1.82, 2.24) is 0 Å². The summed E-state index contributed by atoms with van der Waals surface area (Å²) in [4.78, 5) is 27.1. The van der Waals surface area contributed by atoms with Gasteiger partial charge >= 0.3 is 0 Å². The van der Waals surface area contributed by atoms with E-state index in [2.05, 4.69) is 30.8 Å². The molecule has 0 radical (unpaired) electrons. The van der Waals surface area contributed by atoms with Crippen LogP contribution in [-0.2, 0) is 9.59 Å². The average Bonchev–Trinajstić information content (AvgIpc) is 2.23. The summed E-state index contributed by atoms with van der Waals surface area (Å²) in [5, 5.41) is 0. The van der Waals surface area contributed by atoms with Crippen LogP contribution >= 0.6 is 0 Å². The van der Waals surface area contributed by atoms with E-state index in [1.54, 1.807) is 12.2 Å². The third-order valence-electron chi connectivity index (χ3n) is 2.54. The molecular formula is C12H20N2O2. The molecule has 0 bridgehead atoms. The zero-order chi connectivity index (χ0) is 12.4. The van der Waals surface area contributed by atoms with E-state index in [-0.39, 0.29) is 0 Å². The van der Waals surface area contributed by atoms with Crippen molar-refractivity contribution in [2.75, 3.05) is 13.1 Å². The van der Waals surface area contributed by atoms with Crippen LogP contribution in [0.5, 0.6) is 0 Å². The van der Waals surface area contributed by atoms with Crippen molar-refractivity contribution in [3.63, 3.8) is 0 Å². The van der Waals surface area contributed by atoms with Crippen molar-refractivity contribution < 1.29 is 9.59 Å². The molecule has 0 fully saturated rings. The number of rotatable bonds is 8. The van der Waals surface area contributed by atoms with E-state index in [1.165, 1.54) is 0 Å². The highest BCUT2D eigenvalue weighted by atomic mass is 16.1. The second kappa shape index (κ2) is 9.02. The maximum absolute atomic E-state index is 9.95. The van der Waals surface area contributed by atoms with Crippen molar-refractivity contribution in [2.45, 2.75) is 33.6 Å². The lowest BCUT2D eigenvalue weighted by molar-refractivity contribution is 0.350. The lowest BCUT2D eigenvalue weighted by Gasteiger charge is -2.18. The molecule has 0 heterocycles. The normalized spacial score (nSPS) is 15.4. The van der Waals surface area contributed by atoms with Gasteiger partial charge in [0, 0.05) is 0 Å². The molecule has 16 heavy (non-hydrogen) atoms. The molecular weight excluding hydrogens is 204 g/mol. The largest absolute Gasteiger partial charge is 0.234 e. The molecule has 2 unspecified atom stereocenters. The summed E-state index contributed by atoms with van der Waals surface area (Å²) < 4.78 is 0. The number of hydrogen-bond acceptors (Lipinski definition) is 4. The Morgan fingerprint density at radius 3 is 1.50 bits per heavy atom. The first kappa shape index (κ1) is 14.8. The van der Waals surface area contributed by atoms with Gasteiger partial charge in [-0.3, -0.25) is 0 Å². The standard InChI is InChI=1S/C12H20N2O2/c1-10(4-11(2)6-13-8-15)5-12(3)7-14-9-16/h10-12H,4-7H2,1-3H3. The van der Waals surface area contributed by atoms with Crippen LogP contribution in [0, 0.1) is 17.8 Å². The lowest BCUT2D eigenvalue weighted by Crippen LogP contribution is -2.11. The van der Waals surface area contributed by atoms with Gasteiger partial charge in [0.05, 0.1) is 13.1 Å². The molecule has 0 aliphatic heterocycles. The summed E-state index contributed by atoms with van der Waals surface area (Å²) in [5.41, 5.74) is 0. The predicted molar refractivity (Wildman–Crippen MR) is 62.7 cm³/mol. The van der Waals surface area contributed by atoms with Crippen molar-refractivity contribution >= 4 is 12.2 Å². The molecule has 0 saturated heterocycles. The third kappa shape index (κ3) is 8.10. The first-order valence-corrected chi connectivity index (χ1v) is 5.67. The van der Waals surface area contributed by atoms with Gasteiger partial charge in [-0.2, -0.15) is 0 Å². The van der Waals surface area contributed by atoms with Gasteiger partial charge in [-0.1, -0.05) is 20.8 Å². The monoisotopic (exact) mass is 224 g/mol. The minimum absolute atomic E-state index is 0.401. The van der Waals surface area contributed by atoms with Gasteiger partial charge in [-0.05, 0) is 30.6 Å². The molecule has 0 aromatic carbocycles. The minimum atomic E-state index is 0.401. The van der Waals surface area contributed by atoms with Crippen LogP contribution in [0.25, 0.3) is 0 Å². The molecule has 0 N–H and O–H groups in total. The van der Waals surface area contributed by atoms with Crippen LogP contribution in [0.2, 0.25) is 0 Å². The molecule has 0 aromatic heterocycles. The van der Waals surface area contributed by atoms with Gasteiger partial charge in [0.1, 0.15) is 0 Å². The number of aliphatic imine (C=N–C) groups is 2. The summed E-state index contributed by atoms with van der Waals surface area (Å²) in [6.07, 6.45) is 5.17. The third-order valence-corrected chi connectivity index (χ3v) is 2.54. The summed E-state index contributed by atoms with van der Waals surface area (Å²) in [5.74, 6) is 1.35. The van der Waals surface area contributed by atoms with Crippen LogP contribution in [0.15, 0.2) is 9.98 Å². The zero-order valence-electron chi connectivity index (χ0n) is 10.3. The van der Waals surface area contributed by atoms with Crippen LogP contribution in [0.1, 0.15) is 33.6 Å². The number of hydrogen-bond donors (Lipinski definition) is 0. The molecule has 90 valence electrons. The Hall–Kier alpha value is -1.24. The zero-order valence-corrected chi connectivity index (χ0v) is 10.3. The first-order chi connectivity index (χ1) is 7.60. The van der Waals surface area contributed by atoms with Gasteiger partial charge in [0.25, 0.3) is 0 Å². The van der Waals surface area contributed by atoms with E-state index in [0.29, 0.717) is 30.8 Å². The molecule has 0 aliphatic rings. The smallest absolute Gasteiger partial charge is 0.211 e. The van der Waals surface area contributed by atoms with Gasteiger partial charge in [-0.15, -0.1) is 0 Å². The molecule has 0 aromatic rings. The summed E-state index contributed by atoms with van der Waals surface area (Å²) >= 11 is 0. The van der Waals surface area contributed by atoms with Gasteiger partial charge in [-0.25, -0.2) is 19.6 Å². The Labute approximate surface area is 96.9 Å². The maximum atomic E-state index is 9.95. The minimum Gasteiger partial charge on any atom is -0.211 e. The van der Waals surface area contributed by atoms with Crippen molar-refractivity contribution in [1.29, 1.82) is 0 Å². The average molecular weight is 224 g/mol. The molecule has 4 nitrogen and oxygen atoms in total. The fourth-order valence-electron chi connectivity index (χ4n) is 2.01. The maximum Gasteiger partial charge on any atom is 0.234 e. The Morgan fingerprint density at radius 1 is 0.812 bits per heavy atom. The van der Waals surface area contributed by atoms with E-state index >= 15 is 0 Å². The van der Waals surface area contributed by atoms with Crippen molar-refractivity contribution in [3.8, 4) is 0 Å². The van der Waals surface area contributed by atoms with Crippen LogP contribution in [-0.4, -0.2) is 25.2 Å². The van der Waals surface area contributed by atoms with Crippen LogP contribution in [0.4, 0.5) is 0 Å². The Morgan fingerprint density at radius 2 is 1.19 bits per heavy atom. The Bertz CT molecular complexity index is 251. The molecule has 0 amide bonds. The Balaban J connectivity index is 3.83. The van der Waals surface area contributed by atoms with Gasteiger partial charge in [0.2, 0.25) is 12.2 Å². The second-order valence-corrected chi connectivity index (χ2v) is 4.65. The fourth-order valence-corrected chi connectivity index (χ4v) is 2.01. The second-order valence-electron chi connectivity index (χ2n) is 4.65. The number of isocyanates is 2. The van der Waals surface area contributed by atoms with Crippen molar-refractivity contribution in [3.05, 3.63) is 0 Å². The van der Waals surface area contributed by atoms with E-state index in [9.17, 15) is 9.59 Å². The van der Waals surface area contributed by atoms with E-state index < -0.39 is 0 Å². The summed E-state index contributed by atoms with van der Waals surface area (Å²) in [7, 11) is 0. The first-order valence-electron chi connectivity index (χ1n) is 5.67. The van der Waals surface area contributed by atoms with Gasteiger partial charge < -0.3 is 0 Å². The molecule has 0 rings (SSSR count). The fraction of sp³-hybridized carbons (Fsp3) is 0.833. The quantitative estimate of drug-likeness (QED) is 0.469. The van der Waals surface area contributed by atoms with Crippen LogP contribution < -0.4 is 0 Å².